The van der Waals surface area contributed by atoms with Gasteiger partial charge in [-0.05, 0) is 38.5 Å². The predicted molar refractivity (Wildman–Crippen MR) is 92.7 cm³/mol. The van der Waals surface area contributed by atoms with Crippen molar-refractivity contribution >= 4 is 11.8 Å². The van der Waals surface area contributed by atoms with Crippen LogP contribution in [0.4, 0.5) is 0 Å². The van der Waals surface area contributed by atoms with Gasteiger partial charge in [0.2, 0.25) is 0 Å². The average molecular weight is 312 g/mol. The summed E-state index contributed by atoms with van der Waals surface area (Å²) in [6, 6.07) is 0. The fourth-order valence-corrected chi connectivity index (χ4v) is 2.89. The number of carbonyl (C=O) groups excluding carboxylic acids is 2. The number of hydrogen-bond acceptors (Lipinski definition) is 2. The minimum absolute atomic E-state index is 0.101. The molecule has 0 aromatic carbocycles. The van der Waals surface area contributed by atoms with Gasteiger partial charge in [-0.3, -0.25) is 9.59 Å². The SMILES string of the molecule is CCCCN(CCCC)C(=O)C(=O)NC(C)(C)CC(C)(C)C. The Labute approximate surface area is 137 Å². The lowest BCUT2D eigenvalue weighted by Crippen LogP contribution is -2.52. The molecule has 4 nitrogen and oxygen atoms in total. The largest absolute Gasteiger partial charge is 0.343 e. The molecule has 0 fully saturated rings. The molecule has 0 saturated heterocycles. The Hall–Kier alpha value is -1.06. The third kappa shape index (κ3) is 9.06. The van der Waals surface area contributed by atoms with Gasteiger partial charge < -0.3 is 10.2 Å². The van der Waals surface area contributed by atoms with E-state index in [1.807, 2.05) is 13.8 Å². The molecule has 0 aromatic heterocycles. The van der Waals surface area contributed by atoms with Gasteiger partial charge in [-0.25, -0.2) is 0 Å². The zero-order valence-electron chi connectivity index (χ0n) is 15.7. The van der Waals surface area contributed by atoms with E-state index in [1.165, 1.54) is 0 Å². The molecule has 0 spiro atoms. The van der Waals surface area contributed by atoms with Crippen molar-refractivity contribution in [1.82, 2.24) is 10.2 Å². The van der Waals surface area contributed by atoms with Gasteiger partial charge >= 0.3 is 11.8 Å². The van der Waals surface area contributed by atoms with Crippen LogP contribution in [0.25, 0.3) is 0 Å². The van der Waals surface area contributed by atoms with E-state index in [4.69, 9.17) is 0 Å². The minimum Gasteiger partial charge on any atom is -0.343 e. The highest BCUT2D eigenvalue weighted by molar-refractivity contribution is 6.35. The first kappa shape index (κ1) is 20.9. The molecule has 0 heterocycles. The molecule has 130 valence electrons. The van der Waals surface area contributed by atoms with Crippen molar-refractivity contribution in [3.63, 3.8) is 0 Å². The quantitative estimate of drug-likeness (QED) is 0.694. The van der Waals surface area contributed by atoms with Crippen LogP contribution < -0.4 is 5.32 Å². The molecule has 0 atom stereocenters. The zero-order chi connectivity index (χ0) is 17.4. The summed E-state index contributed by atoms with van der Waals surface area (Å²) in [7, 11) is 0. The van der Waals surface area contributed by atoms with E-state index in [0.29, 0.717) is 13.1 Å². The van der Waals surface area contributed by atoms with E-state index in [1.54, 1.807) is 4.90 Å². The number of carbonyl (C=O) groups is 2. The van der Waals surface area contributed by atoms with Gasteiger partial charge in [0.15, 0.2) is 0 Å². The van der Waals surface area contributed by atoms with Gasteiger partial charge in [-0.2, -0.15) is 0 Å². The fraction of sp³-hybridized carbons (Fsp3) is 0.889. The van der Waals surface area contributed by atoms with Crippen LogP contribution in [0.2, 0.25) is 0 Å². The Bertz CT molecular complexity index is 349. The Morgan fingerprint density at radius 3 is 1.73 bits per heavy atom. The molecule has 0 rings (SSSR count). The monoisotopic (exact) mass is 312 g/mol. The van der Waals surface area contributed by atoms with Crippen molar-refractivity contribution in [2.24, 2.45) is 5.41 Å². The number of rotatable bonds is 8. The van der Waals surface area contributed by atoms with Crippen LogP contribution in [-0.2, 0) is 9.59 Å². The van der Waals surface area contributed by atoms with E-state index < -0.39 is 5.91 Å². The highest BCUT2D eigenvalue weighted by atomic mass is 16.2. The maximum Gasteiger partial charge on any atom is 0.311 e. The van der Waals surface area contributed by atoms with Gasteiger partial charge in [0.1, 0.15) is 0 Å². The second-order valence-electron chi connectivity index (χ2n) is 8.07. The average Bonchev–Trinajstić information content (AvgIpc) is 2.34. The molecule has 0 aliphatic rings. The summed E-state index contributed by atoms with van der Waals surface area (Å²) in [6.45, 7) is 15.9. The first-order chi connectivity index (χ1) is 10.0. The normalized spacial score (nSPS) is 12.1. The standard InChI is InChI=1S/C18H36N2O2/c1-8-10-12-20(13-11-9-2)16(22)15(21)19-18(6,7)14-17(3,4)5/h8-14H2,1-7H3,(H,19,21). The summed E-state index contributed by atoms with van der Waals surface area (Å²) in [6.07, 6.45) is 4.74. The molecule has 4 heteroatoms. The van der Waals surface area contributed by atoms with Crippen LogP contribution in [0, 0.1) is 5.41 Å². The highest BCUT2D eigenvalue weighted by Gasteiger charge is 2.30. The maximum absolute atomic E-state index is 12.4. The lowest BCUT2D eigenvalue weighted by molar-refractivity contribution is -0.147. The molecule has 2 amide bonds. The van der Waals surface area contributed by atoms with Gasteiger partial charge in [-0.15, -0.1) is 0 Å². The van der Waals surface area contributed by atoms with Crippen LogP contribution in [0.5, 0.6) is 0 Å². The predicted octanol–water partition coefficient (Wildman–Crippen LogP) is 3.75. The molecule has 0 unspecified atom stereocenters. The molecule has 0 aliphatic carbocycles. The van der Waals surface area contributed by atoms with E-state index in [9.17, 15) is 9.59 Å². The summed E-state index contributed by atoms with van der Waals surface area (Å²) in [5.41, 5.74) is -0.282. The Morgan fingerprint density at radius 2 is 1.36 bits per heavy atom. The van der Waals surface area contributed by atoms with E-state index >= 15 is 0 Å². The molecule has 0 saturated carbocycles. The Kier molecular flexibility index (Phi) is 8.72. The van der Waals surface area contributed by atoms with E-state index in [-0.39, 0.29) is 16.9 Å². The lowest BCUT2D eigenvalue weighted by Gasteiger charge is -2.33. The van der Waals surface area contributed by atoms with Crippen molar-refractivity contribution in [3.8, 4) is 0 Å². The fourth-order valence-electron chi connectivity index (χ4n) is 2.89. The number of nitrogens with one attached hydrogen (secondary N) is 1. The van der Waals surface area contributed by atoms with Gasteiger partial charge in [-0.1, -0.05) is 47.5 Å². The first-order valence-electron chi connectivity index (χ1n) is 8.64. The summed E-state index contributed by atoms with van der Waals surface area (Å²) in [4.78, 5) is 26.4. The Morgan fingerprint density at radius 1 is 0.909 bits per heavy atom. The van der Waals surface area contributed by atoms with Crippen molar-refractivity contribution < 1.29 is 9.59 Å². The van der Waals surface area contributed by atoms with Crippen LogP contribution in [0.15, 0.2) is 0 Å². The number of nitrogens with zero attached hydrogens (tertiary/aromatic N) is 1. The van der Waals surface area contributed by atoms with Crippen molar-refractivity contribution in [3.05, 3.63) is 0 Å². The van der Waals surface area contributed by atoms with Gasteiger partial charge in [0.25, 0.3) is 0 Å². The lowest BCUT2D eigenvalue weighted by atomic mass is 9.82. The molecule has 1 N–H and O–H groups in total. The molecule has 0 bridgehead atoms. The molecule has 0 aliphatic heterocycles. The third-order valence-electron chi connectivity index (χ3n) is 3.47. The molecule has 0 aromatic rings. The van der Waals surface area contributed by atoms with Crippen molar-refractivity contribution in [2.75, 3.05) is 13.1 Å². The molecular formula is C18H36N2O2. The number of hydrogen-bond donors (Lipinski definition) is 1. The van der Waals surface area contributed by atoms with Gasteiger partial charge in [0.05, 0.1) is 0 Å². The summed E-state index contributed by atoms with van der Waals surface area (Å²) < 4.78 is 0. The molecule has 22 heavy (non-hydrogen) atoms. The summed E-state index contributed by atoms with van der Waals surface area (Å²) >= 11 is 0. The number of unbranched alkanes of at least 4 members (excludes halogenated alkanes) is 2. The topological polar surface area (TPSA) is 49.4 Å². The van der Waals surface area contributed by atoms with E-state index in [0.717, 1.165) is 32.1 Å². The minimum atomic E-state index is -0.471. The van der Waals surface area contributed by atoms with Gasteiger partial charge in [0, 0.05) is 18.6 Å². The second-order valence-corrected chi connectivity index (χ2v) is 8.07. The second kappa shape index (κ2) is 9.16. The van der Waals surface area contributed by atoms with Crippen molar-refractivity contribution in [1.29, 1.82) is 0 Å². The van der Waals surface area contributed by atoms with Crippen LogP contribution in [0.3, 0.4) is 0 Å². The van der Waals surface area contributed by atoms with Crippen LogP contribution in [-0.4, -0.2) is 35.3 Å². The molecular weight excluding hydrogens is 276 g/mol. The van der Waals surface area contributed by atoms with Crippen molar-refractivity contribution in [2.45, 2.75) is 86.1 Å². The first-order valence-corrected chi connectivity index (χ1v) is 8.64. The smallest absolute Gasteiger partial charge is 0.311 e. The van der Waals surface area contributed by atoms with E-state index in [2.05, 4.69) is 39.9 Å². The van der Waals surface area contributed by atoms with Crippen LogP contribution >= 0.6 is 0 Å². The number of amides is 2. The molecule has 0 radical (unpaired) electrons. The summed E-state index contributed by atoms with van der Waals surface area (Å²) in [5, 5.41) is 2.92. The maximum atomic E-state index is 12.4. The Balaban J connectivity index is 4.73. The zero-order valence-corrected chi connectivity index (χ0v) is 15.7. The summed E-state index contributed by atoms with van der Waals surface area (Å²) in [5.74, 6) is -0.856. The van der Waals surface area contributed by atoms with Crippen LogP contribution in [0.1, 0.15) is 80.6 Å². The highest BCUT2D eigenvalue weighted by Crippen LogP contribution is 2.26. The third-order valence-corrected chi connectivity index (χ3v) is 3.47.